The molecule has 3 heterocycles. The molecule has 0 bridgehead atoms. The first-order chi connectivity index (χ1) is 11.3. The van der Waals surface area contributed by atoms with Crippen molar-refractivity contribution in [2.24, 2.45) is 0 Å². The van der Waals surface area contributed by atoms with Gasteiger partial charge in [-0.2, -0.15) is 0 Å². The first kappa shape index (κ1) is 17.0. The number of carbonyl (C=O) groups is 1. The fourth-order valence-corrected chi connectivity index (χ4v) is 3.24. The number of rotatable bonds is 1. The van der Waals surface area contributed by atoms with Gasteiger partial charge < -0.3 is 9.64 Å². The van der Waals surface area contributed by atoms with E-state index >= 15 is 0 Å². The molecule has 0 aliphatic carbocycles. The summed E-state index contributed by atoms with van der Waals surface area (Å²) in [6, 6.07) is 3.84. The second-order valence-corrected chi connectivity index (χ2v) is 7.55. The van der Waals surface area contributed by atoms with Crippen molar-refractivity contribution in [3.63, 3.8) is 0 Å². The molecule has 2 aromatic rings. The molecule has 0 atom stereocenters. The quantitative estimate of drug-likeness (QED) is 0.717. The first-order valence-corrected chi connectivity index (χ1v) is 8.59. The lowest BCUT2D eigenvalue weighted by Gasteiger charge is -2.33. The van der Waals surface area contributed by atoms with E-state index in [0.29, 0.717) is 24.2 Å². The molecular formula is C18H22ClN3O2. The number of hydrogen-bond donors (Lipinski definition) is 0. The van der Waals surface area contributed by atoms with Gasteiger partial charge in [-0.3, -0.25) is 4.98 Å². The van der Waals surface area contributed by atoms with E-state index in [0.717, 1.165) is 23.7 Å². The molecule has 0 aromatic carbocycles. The van der Waals surface area contributed by atoms with E-state index in [-0.39, 0.29) is 6.09 Å². The minimum absolute atomic E-state index is 0.228. The second-order valence-electron chi connectivity index (χ2n) is 7.17. The van der Waals surface area contributed by atoms with Crippen LogP contribution in [0.15, 0.2) is 24.5 Å². The summed E-state index contributed by atoms with van der Waals surface area (Å²) in [5, 5.41) is 1.49. The number of ether oxygens (including phenoxy) is 1. The van der Waals surface area contributed by atoms with E-state index in [4.69, 9.17) is 16.3 Å². The zero-order chi connectivity index (χ0) is 17.3. The maximum Gasteiger partial charge on any atom is 0.410 e. The number of fused-ring (bicyclic) bond motifs is 1. The molecule has 0 saturated carbocycles. The molecule has 3 rings (SSSR count). The highest BCUT2D eigenvalue weighted by Crippen LogP contribution is 2.33. The lowest BCUT2D eigenvalue weighted by molar-refractivity contribution is 0.0205. The lowest BCUT2D eigenvalue weighted by Crippen LogP contribution is -2.41. The van der Waals surface area contributed by atoms with E-state index < -0.39 is 5.60 Å². The number of likely N-dealkylation sites (tertiary alicyclic amines) is 1. The summed E-state index contributed by atoms with van der Waals surface area (Å²) in [5.74, 6) is 0.386. The van der Waals surface area contributed by atoms with Crippen molar-refractivity contribution < 1.29 is 9.53 Å². The highest BCUT2D eigenvalue weighted by molar-refractivity contribution is 6.30. The molecule has 0 N–H and O–H groups in total. The maximum absolute atomic E-state index is 12.2. The number of hydrogen-bond acceptors (Lipinski definition) is 4. The van der Waals surface area contributed by atoms with Gasteiger partial charge in [-0.1, -0.05) is 11.6 Å². The Morgan fingerprint density at radius 1 is 1.29 bits per heavy atom. The van der Waals surface area contributed by atoms with Crippen molar-refractivity contribution in [2.75, 3.05) is 13.1 Å². The summed E-state index contributed by atoms with van der Waals surface area (Å²) in [6.07, 6.45) is 5.19. The molecule has 128 valence electrons. The third-order valence-corrected chi connectivity index (χ3v) is 4.42. The van der Waals surface area contributed by atoms with Gasteiger partial charge in [0.1, 0.15) is 10.8 Å². The number of carbonyl (C=O) groups excluding carboxylic acids is 1. The van der Waals surface area contributed by atoms with Crippen molar-refractivity contribution >= 4 is 28.6 Å². The summed E-state index contributed by atoms with van der Waals surface area (Å²) in [6.45, 7) is 7.06. The average molecular weight is 348 g/mol. The molecule has 24 heavy (non-hydrogen) atoms. The van der Waals surface area contributed by atoms with E-state index in [9.17, 15) is 4.79 Å². The monoisotopic (exact) mass is 347 g/mol. The smallest absolute Gasteiger partial charge is 0.410 e. The number of halogens is 1. The van der Waals surface area contributed by atoms with Crippen LogP contribution in [0.3, 0.4) is 0 Å². The van der Waals surface area contributed by atoms with Gasteiger partial charge in [0.2, 0.25) is 0 Å². The van der Waals surface area contributed by atoms with Crippen LogP contribution >= 0.6 is 11.6 Å². The molecule has 1 saturated heterocycles. The van der Waals surface area contributed by atoms with Crippen LogP contribution in [0.2, 0.25) is 5.15 Å². The van der Waals surface area contributed by atoms with Crippen molar-refractivity contribution in [3.8, 4) is 0 Å². The SMILES string of the molecule is CC(C)(C)OC(=O)N1CCC(c2ccnc3cc(Cl)ncc23)CC1. The van der Waals surface area contributed by atoms with Crippen molar-refractivity contribution in [2.45, 2.75) is 45.1 Å². The zero-order valence-corrected chi connectivity index (χ0v) is 15.0. The van der Waals surface area contributed by atoms with Crippen LogP contribution in [0.25, 0.3) is 10.9 Å². The fourth-order valence-electron chi connectivity index (χ4n) is 3.09. The number of aromatic nitrogens is 2. The fraction of sp³-hybridized carbons (Fsp3) is 0.500. The minimum Gasteiger partial charge on any atom is -0.444 e. The van der Waals surface area contributed by atoms with Crippen molar-refractivity contribution in [1.82, 2.24) is 14.9 Å². The highest BCUT2D eigenvalue weighted by atomic mass is 35.5. The molecule has 1 fully saturated rings. The van der Waals surface area contributed by atoms with Gasteiger partial charge in [0, 0.05) is 36.9 Å². The molecular weight excluding hydrogens is 326 g/mol. The van der Waals surface area contributed by atoms with Crippen LogP contribution in [-0.4, -0.2) is 39.7 Å². The molecule has 1 aliphatic rings. The summed E-state index contributed by atoms with van der Waals surface area (Å²) in [4.78, 5) is 22.5. The largest absolute Gasteiger partial charge is 0.444 e. The normalized spacial score (nSPS) is 16.4. The minimum atomic E-state index is -0.458. The van der Waals surface area contributed by atoms with Crippen LogP contribution < -0.4 is 0 Å². The van der Waals surface area contributed by atoms with Crippen LogP contribution in [0, 0.1) is 0 Å². The van der Waals surface area contributed by atoms with E-state index in [1.54, 1.807) is 17.2 Å². The van der Waals surface area contributed by atoms with Crippen LogP contribution in [0.4, 0.5) is 4.79 Å². The summed E-state index contributed by atoms with van der Waals surface area (Å²) in [5.41, 5.74) is 1.63. The Kier molecular flexibility index (Phi) is 4.63. The van der Waals surface area contributed by atoms with Gasteiger partial charge in [-0.05, 0) is 51.2 Å². The molecule has 5 nitrogen and oxygen atoms in total. The summed E-state index contributed by atoms with van der Waals surface area (Å²) in [7, 11) is 0. The second kappa shape index (κ2) is 6.55. The van der Waals surface area contributed by atoms with Crippen molar-refractivity contribution in [1.29, 1.82) is 0 Å². The number of nitrogens with zero attached hydrogens (tertiary/aromatic N) is 3. The zero-order valence-electron chi connectivity index (χ0n) is 14.3. The van der Waals surface area contributed by atoms with Gasteiger partial charge in [-0.15, -0.1) is 0 Å². The van der Waals surface area contributed by atoms with Gasteiger partial charge in [-0.25, -0.2) is 9.78 Å². The Morgan fingerprint density at radius 3 is 2.67 bits per heavy atom. The van der Waals surface area contributed by atoms with E-state index in [2.05, 4.69) is 9.97 Å². The number of amides is 1. The number of pyridine rings is 2. The highest BCUT2D eigenvalue weighted by Gasteiger charge is 2.28. The first-order valence-electron chi connectivity index (χ1n) is 8.21. The Labute approximate surface area is 147 Å². The lowest BCUT2D eigenvalue weighted by atomic mass is 9.88. The van der Waals surface area contributed by atoms with Gasteiger partial charge >= 0.3 is 6.09 Å². The summed E-state index contributed by atoms with van der Waals surface area (Å²) >= 11 is 5.95. The molecule has 2 aromatic heterocycles. The molecule has 1 aliphatic heterocycles. The molecule has 0 radical (unpaired) electrons. The third kappa shape index (κ3) is 3.78. The maximum atomic E-state index is 12.2. The summed E-state index contributed by atoms with van der Waals surface area (Å²) < 4.78 is 5.45. The van der Waals surface area contributed by atoms with Gasteiger partial charge in [0.15, 0.2) is 0 Å². The Morgan fingerprint density at radius 2 is 2.00 bits per heavy atom. The molecule has 0 unspecified atom stereocenters. The molecule has 6 heteroatoms. The predicted molar refractivity (Wildman–Crippen MR) is 94.3 cm³/mol. The Hall–Kier alpha value is -1.88. The van der Waals surface area contributed by atoms with E-state index in [1.165, 1.54) is 5.56 Å². The van der Waals surface area contributed by atoms with Crippen LogP contribution in [0.1, 0.15) is 45.1 Å². The Balaban J connectivity index is 1.72. The standard InChI is InChI=1S/C18H22ClN3O2/c1-18(2,3)24-17(23)22-8-5-12(6-9-22)13-4-7-20-15-10-16(19)21-11-14(13)15/h4,7,10-12H,5-6,8-9H2,1-3H3. The van der Waals surface area contributed by atoms with Crippen LogP contribution in [-0.2, 0) is 4.74 Å². The van der Waals surface area contributed by atoms with Crippen LogP contribution in [0.5, 0.6) is 0 Å². The van der Waals surface area contributed by atoms with Gasteiger partial charge in [0.05, 0.1) is 5.52 Å². The predicted octanol–water partition coefficient (Wildman–Crippen LogP) is 4.40. The molecule has 0 spiro atoms. The van der Waals surface area contributed by atoms with Crippen molar-refractivity contribution in [3.05, 3.63) is 35.2 Å². The Bertz CT molecular complexity index is 750. The molecule has 1 amide bonds. The topological polar surface area (TPSA) is 55.3 Å². The van der Waals surface area contributed by atoms with E-state index in [1.807, 2.05) is 33.0 Å². The number of piperidine rings is 1. The van der Waals surface area contributed by atoms with Gasteiger partial charge in [0.25, 0.3) is 0 Å². The third-order valence-electron chi connectivity index (χ3n) is 4.21. The average Bonchev–Trinajstić information content (AvgIpc) is 2.52.